The first-order chi connectivity index (χ1) is 7.09. The summed E-state index contributed by atoms with van der Waals surface area (Å²) in [5.41, 5.74) is 0.984. The van der Waals surface area contributed by atoms with Crippen molar-refractivity contribution in [1.82, 2.24) is 15.1 Å². The Kier molecular flexibility index (Phi) is 4.26. The van der Waals surface area contributed by atoms with E-state index in [9.17, 15) is 9.90 Å². The lowest BCUT2D eigenvalue weighted by atomic mass is 10.2. The molecule has 0 bridgehead atoms. The molecule has 1 aromatic heterocycles. The number of nitrogens with one attached hydrogen (secondary N) is 1. The molecule has 1 aromatic rings. The number of carboxylic acids is 1. The molecule has 3 N–H and O–H groups in total. The lowest BCUT2D eigenvalue weighted by molar-refractivity contribution is -0.139. The van der Waals surface area contributed by atoms with Crippen LogP contribution in [0.15, 0.2) is 12.3 Å². The monoisotopic (exact) mass is 213 g/mol. The minimum atomic E-state index is -0.996. The summed E-state index contributed by atoms with van der Waals surface area (Å²) >= 11 is 0. The highest BCUT2D eigenvalue weighted by Gasteiger charge is 2.08. The molecule has 6 nitrogen and oxygen atoms in total. The van der Waals surface area contributed by atoms with Crippen LogP contribution in [0.1, 0.15) is 12.1 Å². The summed E-state index contributed by atoms with van der Waals surface area (Å²) in [6, 6.07) is 1.86. The van der Waals surface area contributed by atoms with E-state index in [4.69, 9.17) is 5.11 Å². The van der Waals surface area contributed by atoms with Crippen LogP contribution in [0.5, 0.6) is 0 Å². The molecule has 0 amide bonds. The summed E-state index contributed by atoms with van der Waals surface area (Å²) in [6.45, 7) is 0.824. The molecule has 84 valence electrons. The van der Waals surface area contributed by atoms with Crippen molar-refractivity contribution >= 4 is 5.97 Å². The number of carbonyl (C=O) groups is 1. The van der Waals surface area contributed by atoms with Crippen LogP contribution >= 0.6 is 0 Å². The van der Waals surface area contributed by atoms with Gasteiger partial charge in [0.2, 0.25) is 0 Å². The number of rotatable bonds is 6. The molecule has 0 saturated carbocycles. The molecule has 0 fully saturated rings. The van der Waals surface area contributed by atoms with Crippen LogP contribution in [0.25, 0.3) is 0 Å². The number of aliphatic hydroxyl groups excluding tert-OH is 1. The van der Waals surface area contributed by atoms with E-state index in [0.717, 1.165) is 5.69 Å². The summed E-state index contributed by atoms with van der Waals surface area (Å²) in [5, 5.41) is 24.6. The standard InChI is InChI=1S/C9H15N3O3/c1-12-7(2-3-11-12)5-10-6-8(13)4-9(14)15/h2-3,8,10,13H,4-6H2,1H3,(H,14,15). The Morgan fingerprint density at radius 1 is 1.73 bits per heavy atom. The fraction of sp³-hybridized carbons (Fsp3) is 0.556. The van der Waals surface area contributed by atoms with E-state index in [-0.39, 0.29) is 13.0 Å². The molecular weight excluding hydrogens is 198 g/mol. The molecule has 0 aliphatic rings. The highest BCUT2D eigenvalue weighted by molar-refractivity contribution is 5.67. The number of aromatic nitrogens is 2. The zero-order chi connectivity index (χ0) is 11.3. The molecule has 1 heterocycles. The van der Waals surface area contributed by atoms with E-state index in [1.165, 1.54) is 0 Å². The number of hydrogen-bond acceptors (Lipinski definition) is 4. The Labute approximate surface area is 87.5 Å². The number of aliphatic carboxylic acids is 1. The Hall–Kier alpha value is -1.40. The van der Waals surface area contributed by atoms with E-state index >= 15 is 0 Å². The van der Waals surface area contributed by atoms with E-state index in [1.807, 2.05) is 13.1 Å². The lowest BCUT2D eigenvalue weighted by Crippen LogP contribution is -2.28. The predicted molar refractivity (Wildman–Crippen MR) is 53.2 cm³/mol. The van der Waals surface area contributed by atoms with Gasteiger partial charge in [0.15, 0.2) is 0 Å². The van der Waals surface area contributed by atoms with Crippen molar-refractivity contribution in [2.75, 3.05) is 6.54 Å². The fourth-order valence-electron chi connectivity index (χ4n) is 1.22. The first-order valence-corrected chi connectivity index (χ1v) is 4.67. The van der Waals surface area contributed by atoms with Gasteiger partial charge in [-0.1, -0.05) is 0 Å². The Balaban J connectivity index is 2.22. The molecule has 0 radical (unpaired) electrons. The van der Waals surface area contributed by atoms with Crippen LogP contribution < -0.4 is 5.32 Å². The summed E-state index contributed by atoms with van der Waals surface area (Å²) in [4.78, 5) is 10.3. The minimum absolute atomic E-state index is 0.238. The first-order valence-electron chi connectivity index (χ1n) is 4.67. The van der Waals surface area contributed by atoms with Gasteiger partial charge in [0, 0.05) is 26.3 Å². The van der Waals surface area contributed by atoms with Gasteiger partial charge in [-0.25, -0.2) is 0 Å². The van der Waals surface area contributed by atoms with Gasteiger partial charge in [0.25, 0.3) is 0 Å². The first kappa shape index (κ1) is 11.7. The molecule has 1 atom stereocenters. The minimum Gasteiger partial charge on any atom is -0.481 e. The van der Waals surface area contributed by atoms with Crippen LogP contribution in [0.2, 0.25) is 0 Å². The molecule has 6 heteroatoms. The zero-order valence-corrected chi connectivity index (χ0v) is 8.55. The molecule has 0 aliphatic heterocycles. The van der Waals surface area contributed by atoms with Crippen molar-refractivity contribution in [3.63, 3.8) is 0 Å². The van der Waals surface area contributed by atoms with Gasteiger partial charge in [-0.15, -0.1) is 0 Å². The van der Waals surface area contributed by atoms with E-state index in [0.29, 0.717) is 6.54 Å². The van der Waals surface area contributed by atoms with Gasteiger partial charge in [-0.2, -0.15) is 5.10 Å². The number of aliphatic hydroxyl groups is 1. The third-order valence-corrected chi connectivity index (χ3v) is 2.02. The summed E-state index contributed by atoms with van der Waals surface area (Å²) in [6.07, 6.45) is 0.596. The second-order valence-corrected chi connectivity index (χ2v) is 3.33. The summed E-state index contributed by atoms with van der Waals surface area (Å²) in [5.74, 6) is -0.996. The van der Waals surface area contributed by atoms with Crippen molar-refractivity contribution in [2.24, 2.45) is 7.05 Å². The van der Waals surface area contributed by atoms with E-state index in [1.54, 1.807) is 10.9 Å². The Morgan fingerprint density at radius 2 is 2.47 bits per heavy atom. The zero-order valence-electron chi connectivity index (χ0n) is 8.55. The molecular formula is C9H15N3O3. The molecule has 0 spiro atoms. The van der Waals surface area contributed by atoms with Crippen LogP contribution in [0.4, 0.5) is 0 Å². The van der Waals surface area contributed by atoms with Gasteiger partial charge < -0.3 is 15.5 Å². The molecule has 1 unspecified atom stereocenters. The largest absolute Gasteiger partial charge is 0.481 e. The highest BCUT2D eigenvalue weighted by atomic mass is 16.4. The van der Waals surface area contributed by atoms with Gasteiger partial charge in [-0.3, -0.25) is 9.48 Å². The number of aryl methyl sites for hydroxylation is 1. The van der Waals surface area contributed by atoms with E-state index < -0.39 is 12.1 Å². The maximum absolute atomic E-state index is 10.3. The average Bonchev–Trinajstić information content (AvgIpc) is 2.50. The predicted octanol–water partition coefficient (Wildman–Crippen LogP) is -0.655. The number of hydrogen-bond donors (Lipinski definition) is 3. The van der Waals surface area contributed by atoms with Gasteiger partial charge >= 0.3 is 5.97 Å². The van der Waals surface area contributed by atoms with Crippen molar-refractivity contribution < 1.29 is 15.0 Å². The maximum atomic E-state index is 10.3. The molecule has 0 saturated heterocycles. The van der Waals surface area contributed by atoms with Crippen molar-refractivity contribution in [2.45, 2.75) is 19.1 Å². The second-order valence-electron chi connectivity index (χ2n) is 3.33. The van der Waals surface area contributed by atoms with Gasteiger partial charge in [0.05, 0.1) is 18.2 Å². The third kappa shape index (κ3) is 4.09. The maximum Gasteiger partial charge on any atom is 0.306 e. The van der Waals surface area contributed by atoms with Crippen LogP contribution in [0, 0.1) is 0 Å². The molecule has 0 aromatic carbocycles. The SMILES string of the molecule is Cn1nccc1CNCC(O)CC(=O)O. The highest BCUT2D eigenvalue weighted by Crippen LogP contribution is 1.96. The van der Waals surface area contributed by atoms with Crippen LogP contribution in [-0.2, 0) is 18.4 Å². The van der Waals surface area contributed by atoms with Gasteiger partial charge in [-0.05, 0) is 6.07 Å². The van der Waals surface area contributed by atoms with Gasteiger partial charge in [0.1, 0.15) is 0 Å². The Morgan fingerprint density at radius 3 is 3.00 bits per heavy atom. The van der Waals surface area contributed by atoms with Crippen molar-refractivity contribution in [1.29, 1.82) is 0 Å². The Bertz CT molecular complexity index is 324. The summed E-state index contributed by atoms with van der Waals surface area (Å²) < 4.78 is 1.72. The number of carboxylic acid groups (broad SMARTS) is 1. The topological polar surface area (TPSA) is 87.4 Å². The van der Waals surface area contributed by atoms with Crippen molar-refractivity contribution in [3.8, 4) is 0 Å². The summed E-state index contributed by atoms with van der Waals surface area (Å²) in [7, 11) is 1.82. The molecule has 15 heavy (non-hydrogen) atoms. The average molecular weight is 213 g/mol. The normalized spacial score (nSPS) is 12.7. The van der Waals surface area contributed by atoms with Crippen molar-refractivity contribution in [3.05, 3.63) is 18.0 Å². The van der Waals surface area contributed by atoms with Crippen LogP contribution in [-0.4, -0.2) is 38.6 Å². The molecule has 1 rings (SSSR count). The fourth-order valence-corrected chi connectivity index (χ4v) is 1.22. The van der Waals surface area contributed by atoms with Crippen LogP contribution in [0.3, 0.4) is 0 Å². The number of nitrogens with zero attached hydrogens (tertiary/aromatic N) is 2. The third-order valence-electron chi connectivity index (χ3n) is 2.02. The lowest BCUT2D eigenvalue weighted by Gasteiger charge is -2.09. The quantitative estimate of drug-likeness (QED) is 0.584. The smallest absolute Gasteiger partial charge is 0.306 e. The second kappa shape index (κ2) is 5.47. The van der Waals surface area contributed by atoms with E-state index in [2.05, 4.69) is 10.4 Å². The molecule has 0 aliphatic carbocycles.